The first-order chi connectivity index (χ1) is 6.40. The number of rotatable bonds is 1. The number of nitrogens with one attached hydrogen (secondary N) is 1. The fraction of sp³-hybridized carbons (Fsp3) is 0.364. The van der Waals surface area contributed by atoms with Crippen LogP contribution in [0.4, 0.5) is 5.69 Å². The summed E-state index contributed by atoms with van der Waals surface area (Å²) in [5.41, 5.74) is 2.57. The highest BCUT2D eigenvalue weighted by molar-refractivity contribution is 5.53. The predicted octanol–water partition coefficient (Wildman–Crippen LogP) is 2.18. The normalized spacial score (nSPS) is 19.8. The molecule has 2 heteroatoms. The molecule has 2 rings (SSSR count). The summed E-state index contributed by atoms with van der Waals surface area (Å²) in [5.74, 6) is 0.486. The summed E-state index contributed by atoms with van der Waals surface area (Å²) >= 11 is 0. The summed E-state index contributed by atoms with van der Waals surface area (Å²) in [6.45, 7) is 0.935. The molecule has 1 aromatic rings. The zero-order valence-corrected chi connectivity index (χ0v) is 7.46. The van der Waals surface area contributed by atoms with Crippen molar-refractivity contribution in [2.24, 2.45) is 5.92 Å². The molecular formula is C11H12N2. The molecule has 2 nitrogen and oxygen atoms in total. The molecule has 1 atom stereocenters. The molecule has 0 aliphatic carbocycles. The van der Waals surface area contributed by atoms with Gasteiger partial charge in [-0.3, -0.25) is 0 Å². The van der Waals surface area contributed by atoms with Crippen LogP contribution in [0.2, 0.25) is 0 Å². The van der Waals surface area contributed by atoms with Gasteiger partial charge in [-0.1, -0.05) is 18.2 Å². The van der Waals surface area contributed by atoms with Gasteiger partial charge in [0.1, 0.15) is 0 Å². The van der Waals surface area contributed by atoms with Gasteiger partial charge in [0.25, 0.3) is 0 Å². The van der Waals surface area contributed by atoms with Gasteiger partial charge >= 0.3 is 0 Å². The van der Waals surface area contributed by atoms with Crippen molar-refractivity contribution in [2.45, 2.75) is 12.8 Å². The lowest BCUT2D eigenvalue weighted by atomic mass is 9.92. The van der Waals surface area contributed by atoms with Gasteiger partial charge in [-0.15, -0.1) is 0 Å². The maximum atomic E-state index is 8.59. The van der Waals surface area contributed by atoms with E-state index in [1.165, 1.54) is 11.3 Å². The van der Waals surface area contributed by atoms with Crippen LogP contribution in [0.1, 0.15) is 12.0 Å². The van der Waals surface area contributed by atoms with Crippen LogP contribution in [0.25, 0.3) is 0 Å². The molecule has 1 aliphatic rings. The van der Waals surface area contributed by atoms with Crippen LogP contribution in [0.3, 0.4) is 0 Å². The van der Waals surface area contributed by atoms with Gasteiger partial charge in [-0.25, -0.2) is 0 Å². The van der Waals surface area contributed by atoms with Crippen molar-refractivity contribution in [1.29, 1.82) is 5.26 Å². The topological polar surface area (TPSA) is 35.8 Å². The maximum absolute atomic E-state index is 8.59. The molecular weight excluding hydrogens is 160 g/mol. The van der Waals surface area contributed by atoms with Crippen LogP contribution in [-0.4, -0.2) is 6.54 Å². The fourth-order valence-corrected chi connectivity index (χ4v) is 1.78. The molecule has 0 bridgehead atoms. The van der Waals surface area contributed by atoms with Crippen LogP contribution in [-0.2, 0) is 6.42 Å². The van der Waals surface area contributed by atoms with Gasteiger partial charge in [0, 0.05) is 18.7 Å². The van der Waals surface area contributed by atoms with Crippen molar-refractivity contribution in [3.8, 4) is 6.07 Å². The van der Waals surface area contributed by atoms with E-state index in [4.69, 9.17) is 5.26 Å². The minimum absolute atomic E-state index is 0.486. The maximum Gasteiger partial charge on any atom is 0.0625 e. The van der Waals surface area contributed by atoms with E-state index in [2.05, 4.69) is 29.6 Å². The van der Waals surface area contributed by atoms with Crippen molar-refractivity contribution in [3.05, 3.63) is 29.8 Å². The molecule has 1 unspecified atom stereocenters. The van der Waals surface area contributed by atoms with E-state index in [0.717, 1.165) is 13.0 Å². The first-order valence-electron chi connectivity index (χ1n) is 4.59. The third-order valence-corrected chi connectivity index (χ3v) is 2.49. The number of fused-ring (bicyclic) bond motifs is 1. The third kappa shape index (κ3) is 1.65. The van der Waals surface area contributed by atoms with Gasteiger partial charge in [0.05, 0.1) is 6.07 Å². The number of nitrogens with zero attached hydrogens (tertiary/aromatic N) is 1. The highest BCUT2D eigenvalue weighted by Crippen LogP contribution is 2.25. The van der Waals surface area contributed by atoms with Gasteiger partial charge in [0.15, 0.2) is 0 Å². The molecule has 0 radical (unpaired) electrons. The van der Waals surface area contributed by atoms with E-state index < -0.39 is 0 Å². The minimum Gasteiger partial charge on any atom is -0.384 e. The quantitative estimate of drug-likeness (QED) is 0.704. The van der Waals surface area contributed by atoms with E-state index in [-0.39, 0.29) is 0 Å². The standard InChI is InChI=1S/C11H12N2/c12-6-5-9-7-10-3-1-2-4-11(10)13-8-9/h1-4,9,13H,5,7-8H2. The Morgan fingerprint density at radius 2 is 2.31 bits per heavy atom. The third-order valence-electron chi connectivity index (χ3n) is 2.49. The molecule has 1 aromatic carbocycles. The highest BCUT2D eigenvalue weighted by atomic mass is 14.9. The Bertz CT molecular complexity index is 338. The SMILES string of the molecule is N#CCC1CNc2ccccc2C1. The second-order valence-corrected chi connectivity index (χ2v) is 3.47. The van der Waals surface area contributed by atoms with E-state index in [1.54, 1.807) is 0 Å². The summed E-state index contributed by atoms with van der Waals surface area (Å²) < 4.78 is 0. The second-order valence-electron chi connectivity index (χ2n) is 3.47. The number of nitriles is 1. The van der Waals surface area contributed by atoms with Gasteiger partial charge in [-0.05, 0) is 24.0 Å². The van der Waals surface area contributed by atoms with Crippen LogP contribution < -0.4 is 5.32 Å². The molecule has 0 amide bonds. The van der Waals surface area contributed by atoms with E-state index in [1.807, 2.05) is 6.07 Å². The molecule has 0 saturated heterocycles. The number of anilines is 1. The molecule has 13 heavy (non-hydrogen) atoms. The monoisotopic (exact) mass is 172 g/mol. The number of hydrogen-bond acceptors (Lipinski definition) is 2. The Morgan fingerprint density at radius 1 is 1.46 bits per heavy atom. The van der Waals surface area contributed by atoms with Crippen molar-refractivity contribution in [2.75, 3.05) is 11.9 Å². The van der Waals surface area contributed by atoms with Gasteiger partial charge < -0.3 is 5.32 Å². The Balaban J connectivity index is 2.16. The summed E-state index contributed by atoms with van der Waals surface area (Å²) in [6, 6.07) is 10.5. The predicted molar refractivity (Wildman–Crippen MR) is 52.4 cm³/mol. The molecule has 0 fully saturated rings. The Morgan fingerprint density at radius 3 is 3.15 bits per heavy atom. The smallest absolute Gasteiger partial charge is 0.0625 e. The number of hydrogen-bond donors (Lipinski definition) is 1. The Labute approximate surface area is 78.2 Å². The lowest BCUT2D eigenvalue weighted by molar-refractivity contribution is 0.551. The zero-order valence-electron chi connectivity index (χ0n) is 7.46. The zero-order chi connectivity index (χ0) is 9.10. The lowest BCUT2D eigenvalue weighted by Crippen LogP contribution is -2.22. The van der Waals surface area contributed by atoms with E-state index >= 15 is 0 Å². The van der Waals surface area contributed by atoms with Gasteiger partial charge in [-0.2, -0.15) is 5.26 Å². The lowest BCUT2D eigenvalue weighted by Gasteiger charge is -2.24. The summed E-state index contributed by atoms with van der Waals surface area (Å²) in [4.78, 5) is 0. The first kappa shape index (κ1) is 8.12. The number of para-hydroxylation sites is 1. The molecule has 0 aromatic heterocycles. The van der Waals surface area contributed by atoms with E-state index in [9.17, 15) is 0 Å². The molecule has 1 heterocycles. The van der Waals surface area contributed by atoms with Crippen LogP contribution in [0, 0.1) is 17.2 Å². The number of benzene rings is 1. The summed E-state index contributed by atoms with van der Waals surface area (Å²) in [7, 11) is 0. The average molecular weight is 172 g/mol. The van der Waals surface area contributed by atoms with Crippen molar-refractivity contribution in [3.63, 3.8) is 0 Å². The fourth-order valence-electron chi connectivity index (χ4n) is 1.78. The molecule has 0 saturated carbocycles. The first-order valence-corrected chi connectivity index (χ1v) is 4.59. The average Bonchev–Trinajstić information content (AvgIpc) is 2.18. The van der Waals surface area contributed by atoms with Gasteiger partial charge in [0.2, 0.25) is 0 Å². The van der Waals surface area contributed by atoms with Crippen molar-refractivity contribution < 1.29 is 0 Å². The van der Waals surface area contributed by atoms with Crippen LogP contribution >= 0.6 is 0 Å². The minimum atomic E-state index is 0.486. The summed E-state index contributed by atoms with van der Waals surface area (Å²) in [5, 5.41) is 11.9. The molecule has 66 valence electrons. The molecule has 0 spiro atoms. The van der Waals surface area contributed by atoms with E-state index in [0.29, 0.717) is 12.3 Å². The highest BCUT2D eigenvalue weighted by Gasteiger charge is 2.16. The van der Waals surface area contributed by atoms with Crippen molar-refractivity contribution in [1.82, 2.24) is 0 Å². The van der Waals surface area contributed by atoms with Crippen LogP contribution in [0.5, 0.6) is 0 Å². The van der Waals surface area contributed by atoms with Crippen LogP contribution in [0.15, 0.2) is 24.3 Å². The Kier molecular flexibility index (Phi) is 2.18. The Hall–Kier alpha value is -1.49. The van der Waals surface area contributed by atoms with Crippen molar-refractivity contribution >= 4 is 5.69 Å². The largest absolute Gasteiger partial charge is 0.384 e. The summed E-state index contributed by atoms with van der Waals surface area (Å²) in [6.07, 6.45) is 1.69. The molecule has 1 N–H and O–H groups in total. The molecule has 1 aliphatic heterocycles. The second kappa shape index (κ2) is 3.49.